The van der Waals surface area contributed by atoms with E-state index in [4.69, 9.17) is 0 Å². The Hall–Kier alpha value is -0.390. The van der Waals surface area contributed by atoms with Crippen molar-refractivity contribution in [2.45, 2.75) is 32.2 Å². The van der Waals surface area contributed by atoms with E-state index in [1.807, 2.05) is 0 Å². The number of nitrogens with one attached hydrogen (secondary N) is 2. The lowest BCUT2D eigenvalue weighted by Crippen LogP contribution is -2.45. The number of guanidine groups is 1. The molecular weight excluding hydrogens is 495 g/mol. The average Bonchev–Trinajstić information content (AvgIpc) is 3.12. The van der Waals surface area contributed by atoms with E-state index >= 15 is 0 Å². The minimum Gasteiger partial charge on any atom is -0.356 e. The summed E-state index contributed by atoms with van der Waals surface area (Å²) in [6.45, 7) is 5.98. The van der Waals surface area contributed by atoms with Crippen molar-refractivity contribution in [2.75, 3.05) is 45.2 Å². The van der Waals surface area contributed by atoms with Crippen LogP contribution < -0.4 is 10.6 Å². The van der Waals surface area contributed by atoms with Gasteiger partial charge in [-0.3, -0.25) is 9.89 Å². The first-order chi connectivity index (χ1) is 12.4. The van der Waals surface area contributed by atoms with Crippen LogP contribution in [0.4, 0.5) is 0 Å². The zero-order valence-corrected chi connectivity index (χ0v) is 20.4. The van der Waals surface area contributed by atoms with Crippen molar-refractivity contribution < 1.29 is 8.42 Å². The van der Waals surface area contributed by atoms with Crippen molar-refractivity contribution in [1.29, 1.82) is 0 Å². The maximum atomic E-state index is 11.2. The van der Waals surface area contributed by atoms with Crippen LogP contribution in [0.1, 0.15) is 37.1 Å². The third-order valence-electron chi connectivity index (χ3n) is 4.80. The number of hydrogen-bond acceptors (Lipinski definition) is 5. The summed E-state index contributed by atoms with van der Waals surface area (Å²) in [7, 11) is -1.16. The maximum absolute atomic E-state index is 11.2. The van der Waals surface area contributed by atoms with Gasteiger partial charge >= 0.3 is 0 Å². The SMILES string of the molecule is CN=C(NCCCS(C)(=O)=O)NCC(c1cccs1)N1CCC(C)CC1.I. The molecule has 1 fully saturated rings. The van der Waals surface area contributed by atoms with Crippen LogP contribution >= 0.6 is 35.3 Å². The molecule has 0 aromatic carbocycles. The lowest BCUT2D eigenvalue weighted by molar-refractivity contribution is 0.140. The van der Waals surface area contributed by atoms with Gasteiger partial charge in [0.05, 0.1) is 11.8 Å². The monoisotopic (exact) mass is 528 g/mol. The molecule has 0 bridgehead atoms. The minimum atomic E-state index is -2.91. The standard InChI is InChI=1S/C18H32N4O2S2.HI/c1-15-7-10-22(11-8-15)16(17-6-4-12-25-17)14-21-18(19-2)20-9-5-13-26(3,23)24;/h4,6,12,15-16H,5,7-11,13-14H2,1-3H3,(H2,19,20,21);1H. The van der Waals surface area contributed by atoms with Gasteiger partial charge in [0.2, 0.25) is 0 Å². The average molecular weight is 529 g/mol. The summed E-state index contributed by atoms with van der Waals surface area (Å²) in [5.41, 5.74) is 0. The number of thiophene rings is 1. The van der Waals surface area contributed by atoms with Crippen LogP contribution in [0.3, 0.4) is 0 Å². The molecule has 1 saturated heterocycles. The van der Waals surface area contributed by atoms with Crippen molar-refractivity contribution in [3.63, 3.8) is 0 Å². The molecule has 6 nitrogen and oxygen atoms in total. The van der Waals surface area contributed by atoms with Crippen molar-refractivity contribution in [3.05, 3.63) is 22.4 Å². The molecule has 0 saturated carbocycles. The van der Waals surface area contributed by atoms with Crippen LogP contribution in [0.25, 0.3) is 0 Å². The fraction of sp³-hybridized carbons (Fsp3) is 0.722. The van der Waals surface area contributed by atoms with Crippen LogP contribution in [-0.4, -0.2) is 64.5 Å². The molecule has 0 aliphatic carbocycles. The van der Waals surface area contributed by atoms with Crippen molar-refractivity contribution in [2.24, 2.45) is 10.9 Å². The third-order valence-corrected chi connectivity index (χ3v) is 6.81. The Morgan fingerprint density at radius 2 is 2.07 bits per heavy atom. The predicted octanol–water partition coefficient (Wildman–Crippen LogP) is 2.74. The normalized spacial score (nSPS) is 18.0. The van der Waals surface area contributed by atoms with Crippen LogP contribution in [0.2, 0.25) is 0 Å². The largest absolute Gasteiger partial charge is 0.356 e. The molecule has 0 radical (unpaired) electrons. The molecule has 1 aliphatic rings. The highest BCUT2D eigenvalue weighted by atomic mass is 127. The summed E-state index contributed by atoms with van der Waals surface area (Å²) in [6.07, 6.45) is 4.35. The number of halogens is 1. The Bertz CT molecular complexity index is 657. The van der Waals surface area contributed by atoms with E-state index in [1.54, 1.807) is 18.4 Å². The highest BCUT2D eigenvalue weighted by molar-refractivity contribution is 14.0. The molecule has 1 aromatic heterocycles. The number of likely N-dealkylation sites (tertiary alicyclic amines) is 1. The first-order valence-corrected chi connectivity index (χ1v) is 12.2. The number of piperidine rings is 1. The van der Waals surface area contributed by atoms with Crippen LogP contribution in [0.15, 0.2) is 22.5 Å². The summed E-state index contributed by atoms with van der Waals surface area (Å²) in [5.74, 6) is 1.73. The molecule has 1 atom stereocenters. The molecule has 156 valence electrons. The van der Waals surface area contributed by atoms with Gasteiger partial charge in [-0.25, -0.2) is 8.42 Å². The van der Waals surface area contributed by atoms with Gasteiger partial charge in [0.1, 0.15) is 9.84 Å². The Labute approximate surface area is 185 Å². The van der Waals surface area contributed by atoms with Gasteiger partial charge in [-0.15, -0.1) is 35.3 Å². The van der Waals surface area contributed by atoms with E-state index in [9.17, 15) is 8.42 Å². The van der Waals surface area contributed by atoms with Gasteiger partial charge in [0.15, 0.2) is 5.96 Å². The van der Waals surface area contributed by atoms with E-state index in [0.29, 0.717) is 19.0 Å². The minimum absolute atomic E-state index is 0. The number of nitrogens with zero attached hydrogens (tertiary/aromatic N) is 2. The molecule has 1 unspecified atom stereocenters. The lowest BCUT2D eigenvalue weighted by Gasteiger charge is -2.36. The van der Waals surface area contributed by atoms with Gasteiger partial charge in [-0.2, -0.15) is 0 Å². The van der Waals surface area contributed by atoms with Crippen LogP contribution in [0, 0.1) is 5.92 Å². The summed E-state index contributed by atoms with van der Waals surface area (Å²) in [6, 6.07) is 4.66. The molecule has 1 aliphatic heterocycles. The summed E-state index contributed by atoms with van der Waals surface area (Å²) in [5, 5.41) is 8.76. The Morgan fingerprint density at radius 1 is 1.37 bits per heavy atom. The molecule has 2 N–H and O–H groups in total. The second-order valence-electron chi connectivity index (χ2n) is 7.11. The number of sulfone groups is 1. The zero-order chi connectivity index (χ0) is 19.0. The summed E-state index contributed by atoms with van der Waals surface area (Å²) >= 11 is 1.80. The number of rotatable bonds is 8. The topological polar surface area (TPSA) is 73.8 Å². The van der Waals surface area contributed by atoms with Crippen molar-refractivity contribution >= 4 is 51.1 Å². The van der Waals surface area contributed by atoms with Gasteiger partial charge in [0, 0.05) is 31.3 Å². The summed E-state index contributed by atoms with van der Waals surface area (Å²) in [4.78, 5) is 8.20. The molecule has 0 amide bonds. The van der Waals surface area contributed by atoms with Gasteiger partial charge in [0.25, 0.3) is 0 Å². The molecule has 2 heterocycles. The van der Waals surface area contributed by atoms with Gasteiger partial charge in [-0.05, 0) is 49.7 Å². The highest BCUT2D eigenvalue weighted by Gasteiger charge is 2.25. The van der Waals surface area contributed by atoms with E-state index in [-0.39, 0.29) is 29.7 Å². The first kappa shape index (κ1) is 24.6. The zero-order valence-electron chi connectivity index (χ0n) is 16.5. The third kappa shape index (κ3) is 9.10. The predicted molar refractivity (Wildman–Crippen MR) is 126 cm³/mol. The second-order valence-corrected chi connectivity index (χ2v) is 10.4. The molecule has 0 spiro atoms. The van der Waals surface area contributed by atoms with E-state index in [0.717, 1.165) is 31.5 Å². The molecule has 1 aromatic rings. The number of aliphatic imine (C=N–C) groups is 1. The van der Waals surface area contributed by atoms with Crippen LogP contribution in [-0.2, 0) is 9.84 Å². The quantitative estimate of drug-likeness (QED) is 0.235. The Morgan fingerprint density at radius 3 is 2.63 bits per heavy atom. The van der Waals surface area contributed by atoms with E-state index in [2.05, 4.69) is 45.0 Å². The Kier molecular flexibility index (Phi) is 11.2. The van der Waals surface area contributed by atoms with E-state index < -0.39 is 9.84 Å². The summed E-state index contributed by atoms with van der Waals surface area (Å²) < 4.78 is 22.4. The highest BCUT2D eigenvalue weighted by Crippen LogP contribution is 2.28. The Balaban J connectivity index is 0.00000364. The van der Waals surface area contributed by atoms with Gasteiger partial charge in [-0.1, -0.05) is 13.0 Å². The second kappa shape index (κ2) is 12.2. The van der Waals surface area contributed by atoms with E-state index in [1.165, 1.54) is 24.0 Å². The molecule has 2 rings (SSSR count). The lowest BCUT2D eigenvalue weighted by atomic mass is 9.97. The molecule has 9 heteroatoms. The molecule has 27 heavy (non-hydrogen) atoms. The molecular formula is C18H33IN4O2S2. The maximum Gasteiger partial charge on any atom is 0.191 e. The first-order valence-electron chi connectivity index (χ1n) is 9.28. The number of hydrogen-bond donors (Lipinski definition) is 2. The van der Waals surface area contributed by atoms with Gasteiger partial charge < -0.3 is 10.6 Å². The smallest absolute Gasteiger partial charge is 0.191 e. The van der Waals surface area contributed by atoms with Crippen molar-refractivity contribution in [1.82, 2.24) is 15.5 Å². The van der Waals surface area contributed by atoms with Crippen molar-refractivity contribution in [3.8, 4) is 0 Å². The fourth-order valence-corrected chi connectivity index (χ4v) is 4.72. The fourth-order valence-electron chi connectivity index (χ4n) is 3.19. The van der Waals surface area contributed by atoms with Crippen LogP contribution in [0.5, 0.6) is 0 Å².